The van der Waals surface area contributed by atoms with Gasteiger partial charge in [-0.15, -0.1) is 0 Å². The third-order valence-corrected chi connectivity index (χ3v) is 8.60. The Hall–Kier alpha value is -2.00. The Morgan fingerprint density at radius 3 is 2.39 bits per heavy atom. The summed E-state index contributed by atoms with van der Waals surface area (Å²) in [5.41, 5.74) is 2.28. The van der Waals surface area contributed by atoms with Gasteiger partial charge in [-0.1, -0.05) is 13.8 Å². The number of fused-ring (bicyclic) bond motifs is 4. The summed E-state index contributed by atoms with van der Waals surface area (Å²) in [5.74, 6) is 0.820. The van der Waals surface area contributed by atoms with Crippen molar-refractivity contribution in [1.82, 2.24) is 10.2 Å². The first-order chi connectivity index (χ1) is 14.7. The zero-order valence-electron chi connectivity index (χ0n) is 18.5. The van der Waals surface area contributed by atoms with E-state index in [1.54, 1.807) is 0 Å². The van der Waals surface area contributed by atoms with Gasteiger partial charge in [0.25, 0.3) is 0 Å². The minimum atomic E-state index is -2.89. The number of rotatable bonds is 4. The fraction of sp³-hybridized carbons (Fsp3) is 0.682. The Kier molecular flexibility index (Phi) is 6.09. The van der Waals surface area contributed by atoms with Gasteiger partial charge in [-0.3, -0.25) is 0 Å². The van der Waals surface area contributed by atoms with E-state index < -0.39 is 9.84 Å². The summed E-state index contributed by atoms with van der Waals surface area (Å²) in [6, 6.07) is 8.54. The van der Waals surface area contributed by atoms with E-state index in [2.05, 4.69) is 53.2 Å². The molecule has 4 fully saturated rings. The van der Waals surface area contributed by atoms with E-state index in [1.165, 1.54) is 0 Å². The van der Waals surface area contributed by atoms with Gasteiger partial charge in [0.05, 0.1) is 24.2 Å². The number of nitrogens with one attached hydrogen (secondary N) is 1. The monoisotopic (exact) mass is 450 g/mol. The van der Waals surface area contributed by atoms with Gasteiger partial charge in [-0.2, -0.15) is 0 Å². The normalized spacial score (nSPS) is 27.1. The zero-order valence-corrected chi connectivity index (χ0v) is 19.3. The van der Waals surface area contributed by atoms with Crippen LogP contribution < -0.4 is 15.1 Å². The van der Waals surface area contributed by atoms with Gasteiger partial charge in [0, 0.05) is 50.6 Å². The van der Waals surface area contributed by atoms with Gasteiger partial charge in [0.15, 0.2) is 9.84 Å². The van der Waals surface area contributed by atoms with Crippen LogP contribution in [-0.2, 0) is 9.84 Å². The summed E-state index contributed by atoms with van der Waals surface area (Å²) in [6.45, 7) is 8.18. The van der Waals surface area contributed by atoms with Gasteiger partial charge in [0.2, 0.25) is 0 Å². The molecule has 2 amide bonds. The maximum Gasteiger partial charge on any atom is 0.317 e. The molecule has 1 aromatic carbocycles. The number of urea groups is 1. The molecule has 0 aliphatic carbocycles. The second kappa shape index (κ2) is 8.50. The van der Waals surface area contributed by atoms with Crippen molar-refractivity contribution in [3.63, 3.8) is 0 Å². The van der Waals surface area contributed by atoms with Crippen molar-refractivity contribution in [2.45, 2.75) is 26.3 Å². The molecule has 2 atom stereocenters. The number of hydrogen-bond acceptors (Lipinski definition) is 6. The lowest BCUT2D eigenvalue weighted by Gasteiger charge is -2.48. The molecule has 1 aromatic rings. The summed E-state index contributed by atoms with van der Waals surface area (Å²) < 4.78 is 23.4. The van der Waals surface area contributed by atoms with Crippen LogP contribution in [0.2, 0.25) is 0 Å². The minimum absolute atomic E-state index is 0.0562. The fourth-order valence-electron chi connectivity index (χ4n) is 5.39. The maximum atomic E-state index is 12.6. The molecule has 4 heterocycles. The summed E-state index contributed by atoms with van der Waals surface area (Å²) >= 11 is 0. The Balaban J connectivity index is 1.51. The molecule has 4 aliphatic rings. The smallest absolute Gasteiger partial charge is 0.317 e. The SMILES string of the molecule is CC1(C)C[C@@H]2CN(C(=O)NCCO)C[C@H]1N(c1ccc(N3CCS(=O)(=O)CC3)cc1)C2. The van der Waals surface area contributed by atoms with Crippen LogP contribution in [0.3, 0.4) is 0 Å². The van der Waals surface area contributed by atoms with Crippen LogP contribution >= 0.6 is 0 Å². The van der Waals surface area contributed by atoms with Crippen molar-refractivity contribution in [1.29, 1.82) is 0 Å². The van der Waals surface area contributed by atoms with Crippen molar-refractivity contribution >= 4 is 27.2 Å². The van der Waals surface area contributed by atoms with Gasteiger partial charge in [-0.05, 0) is 42.0 Å². The van der Waals surface area contributed by atoms with Crippen LogP contribution in [0, 0.1) is 11.3 Å². The van der Waals surface area contributed by atoms with Crippen LogP contribution in [0.1, 0.15) is 20.3 Å². The maximum absolute atomic E-state index is 12.6. The second-order valence-electron chi connectivity index (χ2n) is 9.74. The Morgan fingerprint density at radius 2 is 1.74 bits per heavy atom. The summed E-state index contributed by atoms with van der Waals surface area (Å²) in [4.78, 5) is 19.1. The lowest BCUT2D eigenvalue weighted by Crippen LogP contribution is -2.54. The van der Waals surface area contributed by atoms with E-state index in [-0.39, 0.29) is 42.1 Å². The predicted octanol–water partition coefficient (Wildman–Crippen LogP) is 1.16. The first-order valence-corrected chi connectivity index (χ1v) is 13.0. The molecule has 0 spiro atoms. The molecular weight excluding hydrogens is 416 g/mol. The quantitative estimate of drug-likeness (QED) is 0.715. The highest BCUT2D eigenvalue weighted by Crippen LogP contribution is 2.43. The number of amides is 2. The van der Waals surface area contributed by atoms with E-state index in [9.17, 15) is 13.2 Å². The average Bonchev–Trinajstić information content (AvgIpc) is 2.99. The Morgan fingerprint density at radius 1 is 1.10 bits per heavy atom. The van der Waals surface area contributed by atoms with E-state index in [1.807, 2.05) is 4.90 Å². The number of sulfone groups is 1. The molecule has 4 aliphatic heterocycles. The van der Waals surface area contributed by atoms with Crippen LogP contribution in [0.25, 0.3) is 0 Å². The molecule has 0 saturated carbocycles. The van der Waals surface area contributed by atoms with Crippen molar-refractivity contribution in [3.05, 3.63) is 24.3 Å². The first-order valence-electron chi connectivity index (χ1n) is 11.1. The number of aliphatic hydroxyl groups excluding tert-OH is 1. The van der Waals surface area contributed by atoms with Crippen LogP contribution in [-0.4, -0.2) is 87.9 Å². The topological polar surface area (TPSA) is 93.2 Å². The highest BCUT2D eigenvalue weighted by atomic mass is 32.2. The van der Waals surface area contributed by atoms with Gasteiger partial charge in [-0.25, -0.2) is 13.2 Å². The molecule has 0 unspecified atom stereocenters. The van der Waals surface area contributed by atoms with E-state index in [0.29, 0.717) is 25.6 Å². The number of piperidine rings is 1. The number of benzene rings is 1. The van der Waals surface area contributed by atoms with Gasteiger partial charge < -0.3 is 25.1 Å². The third kappa shape index (κ3) is 4.77. The van der Waals surface area contributed by atoms with Crippen LogP contribution in [0.5, 0.6) is 0 Å². The number of anilines is 2. The van der Waals surface area contributed by atoms with E-state index in [0.717, 1.165) is 30.9 Å². The third-order valence-electron chi connectivity index (χ3n) is 6.99. The Bertz CT molecular complexity index is 889. The fourth-order valence-corrected chi connectivity index (χ4v) is 6.59. The van der Waals surface area contributed by atoms with E-state index in [4.69, 9.17) is 5.11 Å². The largest absolute Gasteiger partial charge is 0.395 e. The van der Waals surface area contributed by atoms with Crippen molar-refractivity contribution in [3.8, 4) is 0 Å². The predicted molar refractivity (Wildman–Crippen MR) is 122 cm³/mol. The highest BCUT2D eigenvalue weighted by molar-refractivity contribution is 7.91. The molecule has 5 rings (SSSR count). The number of nitrogens with zero attached hydrogens (tertiary/aromatic N) is 3. The van der Waals surface area contributed by atoms with Crippen molar-refractivity contribution in [2.75, 3.05) is 67.2 Å². The molecule has 4 saturated heterocycles. The molecule has 2 bridgehead atoms. The first kappa shape index (κ1) is 22.2. The van der Waals surface area contributed by atoms with Crippen molar-refractivity contribution < 1.29 is 18.3 Å². The number of hydrogen-bond donors (Lipinski definition) is 2. The van der Waals surface area contributed by atoms with Crippen LogP contribution in [0.4, 0.5) is 16.2 Å². The number of carbonyl (C=O) groups excluding carboxylic acids is 1. The molecule has 0 aromatic heterocycles. The van der Waals surface area contributed by atoms with Gasteiger partial charge in [0.1, 0.15) is 0 Å². The van der Waals surface area contributed by atoms with E-state index >= 15 is 0 Å². The molecule has 31 heavy (non-hydrogen) atoms. The Labute approximate surface area is 185 Å². The molecule has 2 N–H and O–H groups in total. The highest BCUT2D eigenvalue weighted by Gasteiger charge is 2.46. The molecule has 0 radical (unpaired) electrons. The number of carbonyl (C=O) groups is 1. The minimum Gasteiger partial charge on any atom is -0.395 e. The summed E-state index contributed by atoms with van der Waals surface area (Å²) in [5, 5.41) is 11.8. The second-order valence-corrected chi connectivity index (χ2v) is 12.0. The average molecular weight is 451 g/mol. The van der Waals surface area contributed by atoms with Crippen molar-refractivity contribution in [2.24, 2.45) is 11.3 Å². The molecular formula is C22H34N4O4S. The summed E-state index contributed by atoms with van der Waals surface area (Å²) in [6.07, 6.45) is 1.08. The number of aliphatic hydroxyl groups is 1. The van der Waals surface area contributed by atoms with Crippen LogP contribution in [0.15, 0.2) is 24.3 Å². The van der Waals surface area contributed by atoms with Gasteiger partial charge >= 0.3 is 6.03 Å². The summed E-state index contributed by atoms with van der Waals surface area (Å²) in [7, 11) is -2.89. The lowest BCUT2D eigenvalue weighted by molar-refractivity contribution is 0.185. The standard InChI is InChI=1S/C22H34N4O4S/c1-22(2)13-17-14-25(21(28)23-7-10-27)16-20(22)26(15-17)19-5-3-18(4-6-19)24-8-11-31(29,30)12-9-24/h3-6,17,20,27H,7-16H2,1-2H3,(H,23,28)/t17-,20-/m1/s1. The molecule has 9 heteroatoms. The zero-order chi connectivity index (χ0) is 22.2. The lowest BCUT2D eigenvalue weighted by atomic mass is 9.73. The molecule has 8 nitrogen and oxygen atoms in total. The molecule has 172 valence electrons.